The molecule has 0 spiro atoms. The molecule has 3 N–H and O–H groups in total. The third-order valence-corrected chi connectivity index (χ3v) is 4.02. The third-order valence-electron chi connectivity index (χ3n) is 3.15. The first-order chi connectivity index (χ1) is 9.30. The lowest BCUT2D eigenvalue weighted by Gasteiger charge is -2.14. The first-order valence-electron chi connectivity index (χ1n) is 5.89. The molecule has 20 heavy (non-hydrogen) atoms. The van der Waals surface area contributed by atoms with E-state index >= 15 is 0 Å². The molecule has 0 aliphatic heterocycles. The minimum Gasteiger partial charge on any atom is -0.504 e. The Morgan fingerprint density at radius 3 is 2.15 bits per heavy atom. The minimum atomic E-state index is -4.60. The molecule has 2 aromatic carbocycles. The van der Waals surface area contributed by atoms with Crippen LogP contribution in [-0.4, -0.2) is 23.2 Å². The van der Waals surface area contributed by atoms with E-state index < -0.39 is 26.5 Å². The van der Waals surface area contributed by atoms with Crippen molar-refractivity contribution in [1.82, 2.24) is 0 Å². The van der Waals surface area contributed by atoms with Crippen LogP contribution in [0.2, 0.25) is 0 Å². The summed E-state index contributed by atoms with van der Waals surface area (Å²) in [5, 5.41) is 19.1. The highest BCUT2D eigenvalue weighted by Gasteiger charge is 2.22. The standard InChI is InChI=1S/C14H14O5S/c1-9(10-5-3-2-4-6-10)11-7-12(15)14(16)13(8-11)20(17,18)19/h2-9,15-16H,1H3,(H,17,18,19). The van der Waals surface area contributed by atoms with Crippen LogP contribution in [0.25, 0.3) is 0 Å². The highest BCUT2D eigenvalue weighted by atomic mass is 32.2. The molecule has 0 saturated carbocycles. The smallest absolute Gasteiger partial charge is 0.298 e. The zero-order valence-corrected chi connectivity index (χ0v) is 11.5. The van der Waals surface area contributed by atoms with Crippen LogP contribution in [0.4, 0.5) is 0 Å². The van der Waals surface area contributed by atoms with Gasteiger partial charge in [-0.1, -0.05) is 37.3 Å². The Morgan fingerprint density at radius 1 is 1.00 bits per heavy atom. The van der Waals surface area contributed by atoms with Gasteiger partial charge in [0.25, 0.3) is 10.1 Å². The molecule has 0 amide bonds. The summed E-state index contributed by atoms with van der Waals surface area (Å²) in [6, 6.07) is 11.7. The van der Waals surface area contributed by atoms with Gasteiger partial charge in [-0.3, -0.25) is 4.55 Å². The van der Waals surface area contributed by atoms with Gasteiger partial charge in [-0.2, -0.15) is 8.42 Å². The first-order valence-corrected chi connectivity index (χ1v) is 7.33. The Kier molecular flexibility index (Phi) is 3.69. The van der Waals surface area contributed by atoms with Crippen LogP contribution >= 0.6 is 0 Å². The van der Waals surface area contributed by atoms with Gasteiger partial charge in [-0.15, -0.1) is 0 Å². The molecule has 106 valence electrons. The lowest BCUT2D eigenvalue weighted by molar-refractivity contribution is 0.388. The van der Waals surface area contributed by atoms with Crippen LogP contribution in [0.5, 0.6) is 11.5 Å². The SMILES string of the molecule is CC(c1ccccc1)c1cc(O)c(O)c(S(=O)(=O)O)c1. The number of aromatic hydroxyl groups is 2. The largest absolute Gasteiger partial charge is 0.504 e. The van der Waals surface area contributed by atoms with E-state index in [0.29, 0.717) is 5.56 Å². The minimum absolute atomic E-state index is 0.205. The molecule has 1 unspecified atom stereocenters. The van der Waals surface area contributed by atoms with Gasteiger partial charge >= 0.3 is 0 Å². The zero-order chi connectivity index (χ0) is 14.9. The van der Waals surface area contributed by atoms with Gasteiger partial charge in [0, 0.05) is 5.92 Å². The van der Waals surface area contributed by atoms with Gasteiger partial charge in [0.1, 0.15) is 4.90 Å². The number of benzene rings is 2. The number of rotatable bonds is 3. The maximum absolute atomic E-state index is 11.2. The fraction of sp³-hybridized carbons (Fsp3) is 0.143. The van der Waals surface area contributed by atoms with E-state index in [1.807, 2.05) is 37.3 Å². The molecule has 6 heteroatoms. The fourth-order valence-corrected chi connectivity index (χ4v) is 2.63. The van der Waals surface area contributed by atoms with Gasteiger partial charge in [0.05, 0.1) is 0 Å². The highest BCUT2D eigenvalue weighted by Crippen LogP contribution is 2.37. The Bertz CT molecular complexity index is 723. The molecule has 2 aromatic rings. The van der Waals surface area contributed by atoms with Crippen molar-refractivity contribution >= 4 is 10.1 Å². The quantitative estimate of drug-likeness (QED) is 0.597. The van der Waals surface area contributed by atoms with E-state index in [9.17, 15) is 18.6 Å². The van der Waals surface area contributed by atoms with Gasteiger partial charge in [0.15, 0.2) is 11.5 Å². The first kappa shape index (κ1) is 14.4. The molecule has 0 fully saturated rings. The van der Waals surface area contributed by atoms with Crippen LogP contribution in [0, 0.1) is 0 Å². The normalized spacial score (nSPS) is 13.1. The topological polar surface area (TPSA) is 94.8 Å². The number of hydrogen-bond donors (Lipinski definition) is 3. The number of phenols is 2. The Hall–Kier alpha value is -2.05. The number of phenolic OH excluding ortho intramolecular Hbond substituents is 2. The maximum atomic E-state index is 11.2. The summed E-state index contributed by atoms with van der Waals surface area (Å²) in [5.41, 5.74) is 1.39. The van der Waals surface area contributed by atoms with Crippen LogP contribution in [0.15, 0.2) is 47.4 Å². The van der Waals surface area contributed by atoms with Crippen molar-refractivity contribution in [2.45, 2.75) is 17.7 Å². The van der Waals surface area contributed by atoms with Crippen molar-refractivity contribution in [3.05, 3.63) is 53.6 Å². The molecule has 0 saturated heterocycles. The van der Waals surface area contributed by atoms with E-state index in [1.54, 1.807) is 0 Å². The van der Waals surface area contributed by atoms with Crippen molar-refractivity contribution in [2.24, 2.45) is 0 Å². The average molecular weight is 294 g/mol. The summed E-state index contributed by atoms with van der Waals surface area (Å²) in [5.74, 6) is -1.64. The molecular formula is C14H14O5S. The molecule has 5 nitrogen and oxygen atoms in total. The lowest BCUT2D eigenvalue weighted by Crippen LogP contribution is -2.02. The summed E-state index contributed by atoms with van der Waals surface area (Å²) >= 11 is 0. The monoisotopic (exact) mass is 294 g/mol. The van der Waals surface area contributed by atoms with Crippen LogP contribution in [-0.2, 0) is 10.1 Å². The lowest BCUT2D eigenvalue weighted by atomic mass is 9.93. The zero-order valence-electron chi connectivity index (χ0n) is 10.7. The van der Waals surface area contributed by atoms with Crippen molar-refractivity contribution in [2.75, 3.05) is 0 Å². The van der Waals surface area contributed by atoms with Crippen molar-refractivity contribution in [1.29, 1.82) is 0 Å². The van der Waals surface area contributed by atoms with Gasteiger partial charge in [0.2, 0.25) is 0 Å². The van der Waals surface area contributed by atoms with Crippen molar-refractivity contribution in [3.63, 3.8) is 0 Å². The molecule has 1 atom stereocenters. The second kappa shape index (κ2) is 5.15. The summed E-state index contributed by atoms with van der Waals surface area (Å²) in [6.45, 7) is 1.83. The van der Waals surface area contributed by atoms with E-state index in [-0.39, 0.29) is 5.92 Å². The second-order valence-electron chi connectivity index (χ2n) is 4.49. The van der Waals surface area contributed by atoms with Crippen LogP contribution < -0.4 is 0 Å². The molecule has 0 heterocycles. The molecule has 0 radical (unpaired) electrons. The van der Waals surface area contributed by atoms with Crippen molar-refractivity contribution < 1.29 is 23.2 Å². The molecule has 0 aliphatic carbocycles. The molecule has 2 rings (SSSR count). The Balaban J connectivity index is 2.57. The second-order valence-corrected chi connectivity index (χ2v) is 5.88. The molecule has 0 bridgehead atoms. The van der Waals surface area contributed by atoms with Gasteiger partial charge < -0.3 is 10.2 Å². The maximum Gasteiger partial charge on any atom is 0.298 e. The predicted molar refractivity (Wildman–Crippen MR) is 73.5 cm³/mol. The fourth-order valence-electron chi connectivity index (χ4n) is 1.99. The molecule has 0 aromatic heterocycles. The predicted octanol–water partition coefficient (Wildman–Crippen LogP) is 2.50. The van der Waals surface area contributed by atoms with E-state index in [4.69, 9.17) is 4.55 Å². The highest BCUT2D eigenvalue weighted by molar-refractivity contribution is 7.86. The summed E-state index contributed by atoms with van der Waals surface area (Å²) in [4.78, 5) is -0.699. The van der Waals surface area contributed by atoms with Gasteiger partial charge in [-0.25, -0.2) is 0 Å². The average Bonchev–Trinajstić information content (AvgIpc) is 2.40. The third kappa shape index (κ3) is 2.76. The summed E-state index contributed by atoms with van der Waals surface area (Å²) in [7, 11) is -4.60. The van der Waals surface area contributed by atoms with Crippen LogP contribution in [0.3, 0.4) is 0 Å². The number of hydrogen-bond acceptors (Lipinski definition) is 4. The van der Waals surface area contributed by atoms with Gasteiger partial charge in [-0.05, 0) is 23.3 Å². The Morgan fingerprint density at radius 2 is 1.60 bits per heavy atom. The van der Waals surface area contributed by atoms with Crippen molar-refractivity contribution in [3.8, 4) is 11.5 Å². The van der Waals surface area contributed by atoms with E-state index in [0.717, 1.165) is 11.6 Å². The van der Waals surface area contributed by atoms with E-state index in [1.165, 1.54) is 6.07 Å². The summed E-state index contributed by atoms with van der Waals surface area (Å²) in [6.07, 6.45) is 0. The Labute approximate surface area is 116 Å². The summed E-state index contributed by atoms with van der Waals surface area (Å²) < 4.78 is 31.5. The molecule has 0 aliphatic rings. The van der Waals surface area contributed by atoms with Crippen LogP contribution in [0.1, 0.15) is 24.0 Å². The molecular weight excluding hydrogens is 280 g/mol. The van der Waals surface area contributed by atoms with E-state index in [2.05, 4.69) is 0 Å².